The number of hydrogen-bond acceptors (Lipinski definition) is 5. The van der Waals surface area contributed by atoms with Crippen molar-refractivity contribution in [1.29, 1.82) is 0 Å². The fraction of sp³-hybridized carbons (Fsp3) is 0.800. The summed E-state index contributed by atoms with van der Waals surface area (Å²) in [5.41, 5.74) is 5.11. The van der Waals surface area contributed by atoms with E-state index in [0.29, 0.717) is 13.0 Å². The average molecular weight is 277 g/mol. The van der Waals surface area contributed by atoms with E-state index in [9.17, 15) is 18.0 Å². The molecule has 0 aliphatic carbocycles. The fourth-order valence-electron chi connectivity index (χ4n) is 2.01. The highest BCUT2D eigenvalue weighted by Gasteiger charge is 2.33. The molecule has 2 amide bonds. The van der Waals surface area contributed by atoms with Gasteiger partial charge in [-0.05, 0) is 13.3 Å². The summed E-state index contributed by atoms with van der Waals surface area (Å²) in [4.78, 5) is 24.3. The van der Waals surface area contributed by atoms with Gasteiger partial charge in [-0.1, -0.05) is 0 Å². The van der Waals surface area contributed by atoms with E-state index in [4.69, 9.17) is 5.73 Å². The Bertz CT molecular complexity index is 421. The lowest BCUT2D eigenvalue weighted by Crippen LogP contribution is -2.46. The summed E-state index contributed by atoms with van der Waals surface area (Å²) in [7, 11) is -3.02. The predicted octanol–water partition coefficient (Wildman–Crippen LogP) is -1.90. The number of nitrogens with zero attached hydrogens (tertiary/aromatic N) is 1. The third kappa shape index (κ3) is 3.95. The molecule has 3 N–H and O–H groups in total. The van der Waals surface area contributed by atoms with Gasteiger partial charge in [-0.15, -0.1) is 0 Å². The van der Waals surface area contributed by atoms with Crippen molar-refractivity contribution in [3.8, 4) is 0 Å². The Hall–Kier alpha value is -1.15. The Morgan fingerprint density at radius 1 is 1.44 bits per heavy atom. The second kappa shape index (κ2) is 6.14. The fourth-order valence-corrected chi connectivity index (χ4v) is 3.74. The molecule has 1 aliphatic rings. The molecule has 0 spiro atoms. The van der Waals surface area contributed by atoms with Gasteiger partial charge in [0.15, 0.2) is 9.84 Å². The highest BCUT2D eigenvalue weighted by atomic mass is 32.2. The van der Waals surface area contributed by atoms with Crippen LogP contribution in [0.25, 0.3) is 0 Å². The largest absolute Gasteiger partial charge is 0.346 e. The van der Waals surface area contributed by atoms with Crippen LogP contribution in [0.15, 0.2) is 0 Å². The molecule has 7 nitrogen and oxygen atoms in total. The molecule has 1 saturated heterocycles. The van der Waals surface area contributed by atoms with E-state index in [-0.39, 0.29) is 36.5 Å². The van der Waals surface area contributed by atoms with Crippen LogP contribution >= 0.6 is 0 Å². The molecule has 0 radical (unpaired) electrons. The van der Waals surface area contributed by atoms with Crippen molar-refractivity contribution in [2.75, 3.05) is 31.1 Å². The minimum atomic E-state index is -3.02. The number of nitrogens with one attached hydrogen (secondary N) is 1. The molecule has 8 heteroatoms. The maximum atomic E-state index is 11.9. The number of nitrogens with two attached hydrogens (primary N) is 1. The van der Waals surface area contributed by atoms with Crippen molar-refractivity contribution in [3.05, 3.63) is 0 Å². The first kappa shape index (κ1) is 14.9. The number of likely N-dealkylation sites (N-methyl/N-ethyl adjacent to an activating group) is 1. The van der Waals surface area contributed by atoms with E-state index in [0.717, 1.165) is 0 Å². The van der Waals surface area contributed by atoms with Crippen LogP contribution in [-0.4, -0.2) is 62.3 Å². The summed E-state index contributed by atoms with van der Waals surface area (Å²) in [6, 6.07) is -0.276. The number of amides is 2. The molecule has 1 fully saturated rings. The van der Waals surface area contributed by atoms with Crippen LogP contribution in [0.3, 0.4) is 0 Å². The van der Waals surface area contributed by atoms with Crippen molar-refractivity contribution < 1.29 is 18.0 Å². The number of rotatable bonds is 5. The Kier molecular flexibility index (Phi) is 5.09. The highest BCUT2D eigenvalue weighted by Crippen LogP contribution is 2.17. The zero-order chi connectivity index (χ0) is 13.8. The lowest BCUT2D eigenvalue weighted by molar-refractivity contribution is -0.134. The van der Waals surface area contributed by atoms with Gasteiger partial charge in [-0.25, -0.2) is 8.42 Å². The molecule has 1 aliphatic heterocycles. The van der Waals surface area contributed by atoms with Gasteiger partial charge in [0.25, 0.3) is 0 Å². The van der Waals surface area contributed by atoms with Gasteiger partial charge in [-0.3, -0.25) is 9.59 Å². The van der Waals surface area contributed by atoms with E-state index in [1.807, 2.05) is 0 Å². The van der Waals surface area contributed by atoms with E-state index < -0.39 is 15.7 Å². The minimum Gasteiger partial charge on any atom is -0.346 e. The molecule has 0 saturated carbocycles. The van der Waals surface area contributed by atoms with Gasteiger partial charge in [0.1, 0.15) is 0 Å². The summed E-state index contributed by atoms with van der Waals surface area (Å²) in [6.45, 7) is 1.91. The molecule has 0 aromatic heterocycles. The van der Waals surface area contributed by atoms with Crippen molar-refractivity contribution in [2.45, 2.75) is 19.4 Å². The maximum Gasteiger partial charge on any atom is 0.242 e. The number of carbonyl (C=O) groups is 2. The van der Waals surface area contributed by atoms with Crippen molar-refractivity contribution in [1.82, 2.24) is 10.2 Å². The molecule has 0 bridgehead atoms. The normalized spacial score (nSPS) is 21.6. The Morgan fingerprint density at radius 3 is 2.56 bits per heavy atom. The van der Waals surface area contributed by atoms with Crippen LogP contribution < -0.4 is 11.1 Å². The molecule has 1 unspecified atom stereocenters. The Labute approximate surface area is 107 Å². The van der Waals surface area contributed by atoms with Gasteiger partial charge in [0.05, 0.1) is 24.6 Å². The number of carbonyl (C=O) groups excluding carboxylic acids is 2. The summed E-state index contributed by atoms with van der Waals surface area (Å²) in [5, 5.41) is 2.39. The first-order chi connectivity index (χ1) is 8.39. The topological polar surface area (TPSA) is 110 Å². The third-order valence-electron chi connectivity index (χ3n) is 2.93. The second-order valence-electron chi connectivity index (χ2n) is 4.22. The molecule has 0 aromatic carbocycles. The molecule has 1 heterocycles. The monoisotopic (exact) mass is 277 g/mol. The van der Waals surface area contributed by atoms with Crippen molar-refractivity contribution >= 4 is 21.7 Å². The van der Waals surface area contributed by atoms with Gasteiger partial charge in [0, 0.05) is 12.6 Å². The molecule has 104 valence electrons. The quantitative estimate of drug-likeness (QED) is 0.610. The van der Waals surface area contributed by atoms with Crippen LogP contribution in [0.1, 0.15) is 13.3 Å². The number of hydrogen-bond donors (Lipinski definition) is 2. The van der Waals surface area contributed by atoms with Crippen LogP contribution in [-0.2, 0) is 19.4 Å². The molecule has 1 atom stereocenters. The smallest absolute Gasteiger partial charge is 0.242 e. The van der Waals surface area contributed by atoms with E-state index in [1.54, 1.807) is 6.92 Å². The summed E-state index contributed by atoms with van der Waals surface area (Å²) in [6.07, 6.45) is 0.465. The summed E-state index contributed by atoms with van der Waals surface area (Å²) < 4.78 is 22.7. The lowest BCUT2D eigenvalue weighted by Gasteiger charge is -2.26. The van der Waals surface area contributed by atoms with Crippen LogP contribution in [0, 0.1) is 0 Å². The first-order valence-corrected chi connectivity index (χ1v) is 7.68. The second-order valence-corrected chi connectivity index (χ2v) is 6.45. The van der Waals surface area contributed by atoms with Crippen LogP contribution in [0.4, 0.5) is 0 Å². The maximum absolute atomic E-state index is 11.9. The Morgan fingerprint density at radius 2 is 2.11 bits per heavy atom. The van der Waals surface area contributed by atoms with Gasteiger partial charge < -0.3 is 16.0 Å². The average Bonchev–Trinajstić information content (AvgIpc) is 2.67. The molecule has 0 aromatic rings. The predicted molar refractivity (Wildman–Crippen MR) is 66.5 cm³/mol. The third-order valence-corrected chi connectivity index (χ3v) is 4.68. The van der Waals surface area contributed by atoms with E-state index in [2.05, 4.69) is 5.32 Å². The van der Waals surface area contributed by atoms with Crippen molar-refractivity contribution in [3.63, 3.8) is 0 Å². The molecular weight excluding hydrogens is 258 g/mol. The highest BCUT2D eigenvalue weighted by molar-refractivity contribution is 7.91. The van der Waals surface area contributed by atoms with Crippen molar-refractivity contribution in [2.24, 2.45) is 5.73 Å². The van der Waals surface area contributed by atoms with Gasteiger partial charge in [0.2, 0.25) is 11.8 Å². The van der Waals surface area contributed by atoms with Crippen LogP contribution in [0.5, 0.6) is 0 Å². The van der Waals surface area contributed by atoms with Gasteiger partial charge >= 0.3 is 0 Å². The van der Waals surface area contributed by atoms with Gasteiger partial charge in [-0.2, -0.15) is 0 Å². The zero-order valence-corrected chi connectivity index (χ0v) is 11.2. The van der Waals surface area contributed by atoms with Crippen LogP contribution in [0.2, 0.25) is 0 Å². The first-order valence-electron chi connectivity index (χ1n) is 5.86. The zero-order valence-electron chi connectivity index (χ0n) is 10.4. The lowest BCUT2D eigenvalue weighted by atomic mass is 10.2. The number of sulfone groups is 1. The minimum absolute atomic E-state index is 0.0113. The Balaban J connectivity index is 2.56. The molecule has 18 heavy (non-hydrogen) atoms. The summed E-state index contributed by atoms with van der Waals surface area (Å²) >= 11 is 0. The summed E-state index contributed by atoms with van der Waals surface area (Å²) in [5.74, 6) is -0.548. The molecular formula is C10H19N3O4S. The standard InChI is InChI=1S/C10H19N3O4S/c1-2-13(8-3-4-18(16,17)7-8)10(15)6-12-9(14)5-11/h8H,2-7,11H2,1H3,(H,12,14). The van der Waals surface area contributed by atoms with E-state index in [1.165, 1.54) is 4.90 Å². The molecule has 1 rings (SSSR count). The SMILES string of the molecule is CCN(C(=O)CNC(=O)CN)C1CCS(=O)(=O)C1. The van der Waals surface area contributed by atoms with E-state index >= 15 is 0 Å².